The molecule has 2 aliphatic heterocycles. The van der Waals surface area contributed by atoms with E-state index in [0.717, 1.165) is 45.4 Å². The van der Waals surface area contributed by atoms with Gasteiger partial charge in [0.15, 0.2) is 17.5 Å². The van der Waals surface area contributed by atoms with Crippen LogP contribution in [0.4, 0.5) is 22.9 Å². The van der Waals surface area contributed by atoms with E-state index in [1.54, 1.807) is 0 Å². The van der Waals surface area contributed by atoms with Gasteiger partial charge in [0.25, 0.3) is 0 Å². The van der Waals surface area contributed by atoms with Crippen molar-refractivity contribution in [2.45, 2.75) is 26.8 Å². The SMILES string of the molecule is Cc1ccc(NC2=Nc3ccccc3N3C2=Nc2c(c(C)nn2-c2ccccc2)[C@@H]3c2ccc(Cl)c(Cl)c2)cc1C. The third-order valence-corrected chi connectivity index (χ3v) is 8.41. The van der Waals surface area contributed by atoms with Crippen LogP contribution in [0, 0.1) is 20.8 Å². The van der Waals surface area contributed by atoms with Gasteiger partial charge < -0.3 is 10.2 Å². The first kappa shape index (κ1) is 25.6. The monoisotopic (exact) mass is 576 g/mol. The maximum Gasteiger partial charge on any atom is 0.179 e. The molecule has 1 aromatic heterocycles. The number of nitrogens with one attached hydrogen (secondary N) is 1. The summed E-state index contributed by atoms with van der Waals surface area (Å²) in [5.74, 6) is 2.11. The van der Waals surface area contributed by atoms with E-state index in [-0.39, 0.29) is 6.04 Å². The zero-order chi connectivity index (χ0) is 28.2. The zero-order valence-corrected chi connectivity index (χ0v) is 24.2. The lowest BCUT2D eigenvalue weighted by Gasteiger charge is -2.40. The normalized spacial score (nSPS) is 15.4. The van der Waals surface area contributed by atoms with E-state index in [9.17, 15) is 0 Å². The second kappa shape index (κ2) is 9.91. The Kier molecular flexibility index (Phi) is 6.18. The molecular formula is C33H26Cl2N6. The van der Waals surface area contributed by atoms with E-state index in [0.29, 0.717) is 21.7 Å². The maximum atomic E-state index is 6.60. The first-order valence-corrected chi connectivity index (χ1v) is 14.1. The van der Waals surface area contributed by atoms with Crippen molar-refractivity contribution in [3.05, 3.63) is 129 Å². The number of rotatable bonds is 3. The van der Waals surface area contributed by atoms with Gasteiger partial charge in [-0.3, -0.25) is 0 Å². The number of aromatic nitrogens is 2. The molecule has 0 aliphatic carbocycles. The van der Waals surface area contributed by atoms with Crippen molar-refractivity contribution in [2.75, 3.05) is 10.2 Å². The summed E-state index contributed by atoms with van der Waals surface area (Å²) in [5.41, 5.74) is 8.95. The lowest BCUT2D eigenvalue weighted by atomic mass is 9.93. The summed E-state index contributed by atoms with van der Waals surface area (Å²) < 4.78 is 1.91. The maximum absolute atomic E-state index is 6.60. The van der Waals surface area contributed by atoms with Crippen molar-refractivity contribution in [2.24, 2.45) is 9.98 Å². The number of nitrogens with zero attached hydrogens (tertiary/aromatic N) is 5. The molecule has 5 aromatic rings. The van der Waals surface area contributed by atoms with Gasteiger partial charge in [-0.15, -0.1) is 0 Å². The minimum Gasteiger partial charge on any atom is -0.337 e. The van der Waals surface area contributed by atoms with E-state index >= 15 is 0 Å². The number of para-hydroxylation sites is 3. The van der Waals surface area contributed by atoms with Gasteiger partial charge in [0.05, 0.1) is 38.8 Å². The molecule has 0 spiro atoms. The molecule has 8 heteroatoms. The lowest BCUT2D eigenvalue weighted by molar-refractivity contribution is 0.815. The molecule has 7 rings (SSSR count). The number of benzene rings is 4. The summed E-state index contributed by atoms with van der Waals surface area (Å²) in [6.07, 6.45) is 0. The molecule has 0 amide bonds. The minimum atomic E-state index is -0.280. The van der Waals surface area contributed by atoms with Gasteiger partial charge in [-0.1, -0.05) is 65.7 Å². The molecule has 1 N–H and O–H groups in total. The highest BCUT2D eigenvalue weighted by Gasteiger charge is 2.41. The lowest BCUT2D eigenvalue weighted by Crippen LogP contribution is -2.46. The number of hydrogen-bond donors (Lipinski definition) is 1. The number of aryl methyl sites for hydroxylation is 3. The summed E-state index contributed by atoms with van der Waals surface area (Å²) in [5, 5.41) is 9.57. The zero-order valence-electron chi connectivity index (χ0n) is 22.7. The molecule has 41 heavy (non-hydrogen) atoms. The Hall–Kier alpha value is -4.39. The number of hydrogen-bond acceptors (Lipinski definition) is 5. The summed E-state index contributed by atoms with van der Waals surface area (Å²) in [6, 6.07) is 30.0. The van der Waals surface area contributed by atoms with E-state index in [1.807, 2.05) is 78.3 Å². The van der Waals surface area contributed by atoms with Crippen LogP contribution in [0.1, 0.15) is 34.0 Å². The van der Waals surface area contributed by atoms with E-state index in [1.165, 1.54) is 11.1 Å². The third kappa shape index (κ3) is 4.31. The van der Waals surface area contributed by atoms with E-state index < -0.39 is 0 Å². The van der Waals surface area contributed by atoms with Crippen molar-refractivity contribution < 1.29 is 0 Å². The van der Waals surface area contributed by atoms with Gasteiger partial charge in [0, 0.05) is 11.3 Å². The van der Waals surface area contributed by atoms with Gasteiger partial charge in [-0.05, 0) is 86.0 Å². The number of amidine groups is 2. The number of anilines is 2. The molecule has 6 nitrogen and oxygen atoms in total. The Balaban J connectivity index is 1.50. The predicted molar refractivity (Wildman–Crippen MR) is 169 cm³/mol. The van der Waals surface area contributed by atoms with Gasteiger partial charge in [-0.25, -0.2) is 14.7 Å². The van der Waals surface area contributed by atoms with Crippen molar-refractivity contribution in [3.8, 4) is 5.69 Å². The van der Waals surface area contributed by atoms with Crippen molar-refractivity contribution in [1.82, 2.24) is 9.78 Å². The number of halogens is 2. The molecule has 202 valence electrons. The van der Waals surface area contributed by atoms with Crippen molar-refractivity contribution >= 4 is 57.8 Å². The average molecular weight is 578 g/mol. The Bertz CT molecular complexity index is 1890. The first-order valence-electron chi connectivity index (χ1n) is 13.4. The average Bonchev–Trinajstić information content (AvgIpc) is 3.32. The minimum absolute atomic E-state index is 0.280. The first-order chi connectivity index (χ1) is 19.9. The van der Waals surface area contributed by atoms with Crippen LogP contribution in [-0.4, -0.2) is 21.5 Å². The van der Waals surface area contributed by atoms with Crippen LogP contribution in [0.2, 0.25) is 10.0 Å². The van der Waals surface area contributed by atoms with E-state index in [4.69, 9.17) is 38.3 Å². The van der Waals surface area contributed by atoms with Crippen molar-refractivity contribution in [3.63, 3.8) is 0 Å². The Morgan fingerprint density at radius 1 is 0.756 bits per heavy atom. The van der Waals surface area contributed by atoms with Crippen LogP contribution in [0.3, 0.4) is 0 Å². The molecule has 0 saturated heterocycles. The standard InChI is InChI=1S/C33H26Cl2N6/c1-19-13-15-23(17-20(19)2)36-31-33-38-32-29(21(3)39-41(32)24-9-5-4-6-10-24)30(22-14-16-25(34)26(35)18-22)40(33)28-12-8-7-11-27(28)37-31/h4-18,30H,1-3H3,(H,36,37)/t30-/m0/s1. The van der Waals surface area contributed by atoms with Crippen LogP contribution in [0.15, 0.2) is 101 Å². The quantitative estimate of drug-likeness (QED) is 0.233. The molecule has 0 radical (unpaired) electrons. The smallest absolute Gasteiger partial charge is 0.179 e. The Morgan fingerprint density at radius 3 is 2.32 bits per heavy atom. The molecule has 0 saturated carbocycles. The summed E-state index contributed by atoms with van der Waals surface area (Å²) in [4.78, 5) is 12.6. The Labute approximate surface area is 248 Å². The van der Waals surface area contributed by atoms with Gasteiger partial charge in [0.1, 0.15) is 0 Å². The summed E-state index contributed by atoms with van der Waals surface area (Å²) in [7, 11) is 0. The molecule has 0 bridgehead atoms. The fourth-order valence-corrected chi connectivity index (χ4v) is 5.81. The fraction of sp³-hybridized carbons (Fsp3) is 0.121. The number of fused-ring (bicyclic) bond motifs is 4. The second-order valence-corrected chi connectivity index (χ2v) is 11.1. The van der Waals surface area contributed by atoms with E-state index in [2.05, 4.69) is 48.3 Å². The highest BCUT2D eigenvalue weighted by Crippen LogP contribution is 2.48. The largest absolute Gasteiger partial charge is 0.337 e. The van der Waals surface area contributed by atoms with Crippen LogP contribution in [0.25, 0.3) is 5.69 Å². The van der Waals surface area contributed by atoms with Gasteiger partial charge in [0.2, 0.25) is 0 Å². The van der Waals surface area contributed by atoms with Gasteiger partial charge >= 0.3 is 0 Å². The van der Waals surface area contributed by atoms with Crippen molar-refractivity contribution in [1.29, 1.82) is 0 Å². The van der Waals surface area contributed by atoms with Gasteiger partial charge in [-0.2, -0.15) is 5.10 Å². The molecule has 0 unspecified atom stereocenters. The molecule has 3 heterocycles. The topological polar surface area (TPSA) is 57.8 Å². The molecule has 1 atom stereocenters. The van der Waals surface area contributed by atoms with Crippen LogP contribution in [0.5, 0.6) is 0 Å². The summed E-state index contributed by atoms with van der Waals surface area (Å²) >= 11 is 13.0. The Morgan fingerprint density at radius 2 is 1.54 bits per heavy atom. The highest BCUT2D eigenvalue weighted by molar-refractivity contribution is 6.51. The van der Waals surface area contributed by atoms with Crippen LogP contribution < -0.4 is 10.2 Å². The molecule has 4 aromatic carbocycles. The predicted octanol–water partition coefficient (Wildman–Crippen LogP) is 8.90. The summed E-state index contributed by atoms with van der Waals surface area (Å²) in [6.45, 7) is 6.25. The van der Waals surface area contributed by atoms with Crippen LogP contribution >= 0.6 is 23.2 Å². The number of aliphatic imine (C=N–C) groups is 2. The fourth-order valence-electron chi connectivity index (χ4n) is 5.50. The highest BCUT2D eigenvalue weighted by atomic mass is 35.5. The third-order valence-electron chi connectivity index (χ3n) is 7.67. The molecule has 0 fully saturated rings. The van der Waals surface area contributed by atoms with Crippen LogP contribution in [-0.2, 0) is 0 Å². The second-order valence-electron chi connectivity index (χ2n) is 10.3. The molecule has 2 aliphatic rings. The molecular weight excluding hydrogens is 551 g/mol.